The van der Waals surface area contributed by atoms with Gasteiger partial charge in [-0.15, -0.1) is 0 Å². The largest absolute Gasteiger partial charge is 0.462 e. The van der Waals surface area contributed by atoms with Gasteiger partial charge in [0.1, 0.15) is 31.0 Å². The molecule has 10 heteroatoms. The minimum absolute atomic E-state index is 0.211. The Bertz CT molecular complexity index is 704. The average molecular weight is 633 g/mol. The Morgan fingerprint density at radius 3 is 1.55 bits per heavy atom. The molecule has 1 aliphatic rings. The molecule has 260 valence electrons. The first-order valence-corrected chi connectivity index (χ1v) is 17.6. The van der Waals surface area contributed by atoms with E-state index in [4.69, 9.17) is 18.9 Å². The van der Waals surface area contributed by atoms with Crippen molar-refractivity contribution in [2.75, 3.05) is 19.8 Å². The van der Waals surface area contributed by atoms with E-state index in [0.717, 1.165) is 38.5 Å². The van der Waals surface area contributed by atoms with Gasteiger partial charge in [0, 0.05) is 12.8 Å². The van der Waals surface area contributed by atoms with E-state index in [1.54, 1.807) is 0 Å². The number of aliphatic hydroxyl groups is 4. The van der Waals surface area contributed by atoms with Crippen molar-refractivity contribution in [2.45, 2.75) is 185 Å². The number of ether oxygens (including phenoxy) is 4. The fraction of sp³-hybridized carbons (Fsp3) is 0.941. The highest BCUT2D eigenvalue weighted by molar-refractivity contribution is 5.70. The molecule has 44 heavy (non-hydrogen) atoms. The van der Waals surface area contributed by atoms with Gasteiger partial charge in [-0.25, -0.2) is 0 Å². The van der Waals surface area contributed by atoms with E-state index in [2.05, 4.69) is 13.8 Å². The Hall–Kier alpha value is -1.30. The Morgan fingerprint density at radius 2 is 1.07 bits per heavy atom. The predicted molar refractivity (Wildman–Crippen MR) is 169 cm³/mol. The van der Waals surface area contributed by atoms with Gasteiger partial charge in [0.2, 0.25) is 0 Å². The maximum absolute atomic E-state index is 12.6. The van der Waals surface area contributed by atoms with Gasteiger partial charge in [-0.3, -0.25) is 9.59 Å². The zero-order chi connectivity index (χ0) is 32.4. The third kappa shape index (κ3) is 19.3. The molecule has 0 aromatic rings. The van der Waals surface area contributed by atoms with Gasteiger partial charge in [0.05, 0.1) is 13.2 Å². The summed E-state index contributed by atoms with van der Waals surface area (Å²) < 4.78 is 21.9. The quantitative estimate of drug-likeness (QED) is 0.0644. The summed E-state index contributed by atoms with van der Waals surface area (Å²) in [5.74, 6) is -0.808. The summed E-state index contributed by atoms with van der Waals surface area (Å²) in [5.41, 5.74) is 0. The number of carbonyl (C=O) groups excluding carboxylic acids is 2. The van der Waals surface area contributed by atoms with Gasteiger partial charge in [-0.2, -0.15) is 0 Å². The van der Waals surface area contributed by atoms with Gasteiger partial charge < -0.3 is 39.4 Å². The van der Waals surface area contributed by atoms with Crippen LogP contribution < -0.4 is 0 Å². The summed E-state index contributed by atoms with van der Waals surface area (Å²) in [6.07, 6.45) is 14.2. The Labute approximate surface area is 266 Å². The highest BCUT2D eigenvalue weighted by Crippen LogP contribution is 2.22. The van der Waals surface area contributed by atoms with Gasteiger partial charge in [-0.1, -0.05) is 123 Å². The number of hydrogen-bond acceptors (Lipinski definition) is 10. The van der Waals surface area contributed by atoms with Crippen molar-refractivity contribution in [2.24, 2.45) is 0 Å². The Kier molecular flexibility index (Phi) is 24.9. The molecule has 6 atom stereocenters. The molecule has 0 spiro atoms. The van der Waals surface area contributed by atoms with E-state index >= 15 is 0 Å². The van der Waals surface area contributed by atoms with E-state index in [1.807, 2.05) is 0 Å². The maximum atomic E-state index is 12.6. The van der Waals surface area contributed by atoms with Crippen LogP contribution in [0, 0.1) is 0 Å². The lowest BCUT2D eigenvalue weighted by Gasteiger charge is -2.39. The normalized spacial score (nSPS) is 22.5. The molecule has 4 N–H and O–H groups in total. The van der Waals surface area contributed by atoms with Crippen molar-refractivity contribution in [3.05, 3.63) is 0 Å². The molecular weight excluding hydrogens is 568 g/mol. The van der Waals surface area contributed by atoms with Crippen LogP contribution in [0.3, 0.4) is 0 Å². The third-order valence-electron chi connectivity index (χ3n) is 8.24. The second-order valence-electron chi connectivity index (χ2n) is 12.3. The number of esters is 2. The molecule has 10 nitrogen and oxygen atoms in total. The number of hydrogen-bond donors (Lipinski definition) is 4. The number of unbranched alkanes of at least 4 members (excludes halogenated alkanes) is 17. The van der Waals surface area contributed by atoms with E-state index in [0.29, 0.717) is 6.42 Å². The fourth-order valence-corrected chi connectivity index (χ4v) is 5.36. The molecule has 0 unspecified atom stereocenters. The summed E-state index contributed by atoms with van der Waals surface area (Å²) in [7, 11) is 0. The average Bonchev–Trinajstić information content (AvgIpc) is 3.02. The second kappa shape index (κ2) is 26.9. The van der Waals surface area contributed by atoms with Crippen LogP contribution in [0.4, 0.5) is 0 Å². The topological polar surface area (TPSA) is 152 Å². The van der Waals surface area contributed by atoms with Crippen molar-refractivity contribution < 1.29 is 49.0 Å². The minimum atomic E-state index is -1.59. The molecule has 0 aliphatic carbocycles. The highest BCUT2D eigenvalue weighted by Gasteiger charge is 2.44. The van der Waals surface area contributed by atoms with Crippen molar-refractivity contribution in [1.29, 1.82) is 0 Å². The van der Waals surface area contributed by atoms with Crippen LogP contribution >= 0.6 is 0 Å². The molecule has 1 heterocycles. The molecule has 0 amide bonds. The maximum Gasteiger partial charge on any atom is 0.306 e. The van der Waals surface area contributed by atoms with Crippen molar-refractivity contribution in [1.82, 2.24) is 0 Å². The zero-order valence-corrected chi connectivity index (χ0v) is 27.7. The molecule has 1 aliphatic heterocycles. The highest BCUT2D eigenvalue weighted by atomic mass is 16.7. The summed E-state index contributed by atoms with van der Waals surface area (Å²) in [6.45, 7) is 3.35. The van der Waals surface area contributed by atoms with E-state index in [9.17, 15) is 30.0 Å². The second-order valence-corrected chi connectivity index (χ2v) is 12.3. The Balaban J connectivity index is 2.44. The fourth-order valence-electron chi connectivity index (χ4n) is 5.36. The van der Waals surface area contributed by atoms with Gasteiger partial charge in [-0.05, 0) is 12.8 Å². The van der Waals surface area contributed by atoms with Gasteiger partial charge in [0.25, 0.3) is 0 Å². The summed E-state index contributed by atoms with van der Waals surface area (Å²) in [5, 5.41) is 39.7. The SMILES string of the molecule is CCCCCCCCCCCCCC(=O)O[C@H](COC(=O)CCCCCCCCCC)CO[C@@H]1O[C@H](CO)[C@H](O)[C@H](O)[C@H]1O. The van der Waals surface area contributed by atoms with Crippen LogP contribution in [0.15, 0.2) is 0 Å². The van der Waals surface area contributed by atoms with Gasteiger partial charge in [0.15, 0.2) is 12.4 Å². The predicted octanol–water partition coefficient (Wildman–Crippen LogP) is 5.49. The van der Waals surface area contributed by atoms with Crippen LogP contribution in [0.1, 0.15) is 149 Å². The first kappa shape index (κ1) is 40.7. The zero-order valence-electron chi connectivity index (χ0n) is 27.7. The van der Waals surface area contributed by atoms with Crippen LogP contribution in [0.2, 0.25) is 0 Å². The van der Waals surface area contributed by atoms with Crippen molar-refractivity contribution in [3.63, 3.8) is 0 Å². The first-order valence-electron chi connectivity index (χ1n) is 17.6. The van der Waals surface area contributed by atoms with Crippen molar-refractivity contribution in [3.8, 4) is 0 Å². The molecule has 0 aromatic carbocycles. The van der Waals surface area contributed by atoms with Crippen LogP contribution in [-0.4, -0.2) is 89.0 Å². The number of rotatable bonds is 28. The van der Waals surface area contributed by atoms with Crippen LogP contribution in [-0.2, 0) is 28.5 Å². The molecule has 0 radical (unpaired) electrons. The van der Waals surface area contributed by atoms with E-state index < -0.39 is 49.4 Å². The van der Waals surface area contributed by atoms with Gasteiger partial charge >= 0.3 is 11.9 Å². The standard InChI is InChI=1S/C34H64O10/c1-3-5-7-9-11-13-14-15-17-19-21-23-30(37)43-27(25-41-29(36)22-20-18-16-12-10-8-6-4-2)26-42-34-33(40)32(39)31(38)28(24-35)44-34/h27-28,31-35,38-40H,3-26H2,1-2H3/t27-,28-,31+,32+,33-,34-/m1/s1. The molecule has 0 bridgehead atoms. The lowest BCUT2D eigenvalue weighted by Crippen LogP contribution is -2.59. The third-order valence-corrected chi connectivity index (χ3v) is 8.24. The summed E-state index contributed by atoms with van der Waals surface area (Å²) >= 11 is 0. The molecule has 1 fully saturated rings. The molecule has 0 saturated carbocycles. The number of aliphatic hydroxyl groups excluding tert-OH is 4. The smallest absolute Gasteiger partial charge is 0.306 e. The monoisotopic (exact) mass is 632 g/mol. The summed E-state index contributed by atoms with van der Waals surface area (Å²) in [4.78, 5) is 25.0. The molecule has 0 aromatic heterocycles. The van der Waals surface area contributed by atoms with E-state index in [1.165, 1.54) is 77.0 Å². The van der Waals surface area contributed by atoms with E-state index in [-0.39, 0.29) is 32.0 Å². The van der Waals surface area contributed by atoms with Crippen molar-refractivity contribution >= 4 is 11.9 Å². The molecule has 1 rings (SSSR count). The van der Waals surface area contributed by atoms with Crippen LogP contribution in [0.25, 0.3) is 0 Å². The molecular formula is C34H64O10. The lowest BCUT2D eigenvalue weighted by atomic mass is 9.99. The minimum Gasteiger partial charge on any atom is -0.462 e. The van der Waals surface area contributed by atoms with Crippen LogP contribution in [0.5, 0.6) is 0 Å². The first-order chi connectivity index (χ1) is 21.3. The number of carbonyl (C=O) groups is 2. The summed E-state index contributed by atoms with van der Waals surface area (Å²) in [6, 6.07) is 0. The Morgan fingerprint density at radius 1 is 0.614 bits per heavy atom. The molecule has 1 saturated heterocycles. The lowest BCUT2D eigenvalue weighted by molar-refractivity contribution is -0.305.